The lowest BCUT2D eigenvalue weighted by atomic mass is 10.0. The first-order valence-corrected chi connectivity index (χ1v) is 8.87. The van der Waals surface area contributed by atoms with Crippen molar-refractivity contribution in [3.8, 4) is 5.69 Å². The van der Waals surface area contributed by atoms with E-state index in [9.17, 15) is 0 Å². The van der Waals surface area contributed by atoms with Gasteiger partial charge in [0.1, 0.15) is 0 Å². The first kappa shape index (κ1) is 17.2. The summed E-state index contributed by atoms with van der Waals surface area (Å²) in [5, 5.41) is 8.84. The second kappa shape index (κ2) is 7.97. The van der Waals surface area contributed by atoms with E-state index in [1.54, 1.807) is 0 Å². The van der Waals surface area contributed by atoms with Crippen LogP contribution in [0.1, 0.15) is 25.3 Å². The molecule has 1 fully saturated rings. The zero-order valence-corrected chi connectivity index (χ0v) is 15.0. The summed E-state index contributed by atoms with van der Waals surface area (Å²) in [5.41, 5.74) is 3.48. The maximum Gasteiger partial charge on any atom is 0.0646 e. The van der Waals surface area contributed by atoms with Crippen LogP contribution in [-0.4, -0.2) is 40.4 Å². The van der Waals surface area contributed by atoms with Crippen LogP contribution in [0, 0.1) is 0 Å². The molecule has 5 heteroatoms. The number of halogens is 1. The van der Waals surface area contributed by atoms with Gasteiger partial charge in [-0.25, -0.2) is 4.68 Å². The quantitative estimate of drug-likeness (QED) is 0.812. The van der Waals surface area contributed by atoms with Crippen molar-refractivity contribution in [3.05, 3.63) is 59.4 Å². The van der Waals surface area contributed by atoms with E-state index in [4.69, 9.17) is 11.6 Å². The van der Waals surface area contributed by atoms with Crippen LogP contribution in [0.2, 0.25) is 5.02 Å². The van der Waals surface area contributed by atoms with E-state index in [0.29, 0.717) is 6.04 Å². The third-order valence-corrected chi connectivity index (χ3v) is 4.66. The molecule has 0 saturated carbocycles. The predicted molar refractivity (Wildman–Crippen MR) is 99.7 cm³/mol. The van der Waals surface area contributed by atoms with E-state index < -0.39 is 0 Å². The van der Waals surface area contributed by atoms with Gasteiger partial charge in [0, 0.05) is 35.9 Å². The number of hydrogen-bond acceptors (Lipinski definition) is 3. The second-order valence-electron chi connectivity index (χ2n) is 6.66. The summed E-state index contributed by atoms with van der Waals surface area (Å²) in [6.07, 6.45) is 6.39. The summed E-state index contributed by atoms with van der Waals surface area (Å²) in [7, 11) is 0. The maximum atomic E-state index is 5.93. The average molecular weight is 345 g/mol. The summed E-state index contributed by atoms with van der Waals surface area (Å²) in [5.74, 6) is 0. The van der Waals surface area contributed by atoms with Gasteiger partial charge in [-0.3, -0.25) is 4.90 Å². The van der Waals surface area contributed by atoms with E-state index in [1.165, 1.54) is 24.0 Å². The van der Waals surface area contributed by atoms with Crippen molar-refractivity contribution >= 4 is 11.6 Å². The number of nitrogens with zero attached hydrogens (tertiary/aromatic N) is 3. The Morgan fingerprint density at radius 2 is 2.00 bits per heavy atom. The Morgan fingerprint density at radius 1 is 1.29 bits per heavy atom. The lowest BCUT2D eigenvalue weighted by molar-refractivity contribution is 0.211. The van der Waals surface area contributed by atoms with Crippen LogP contribution < -0.4 is 5.32 Å². The molecule has 1 N–H and O–H groups in total. The molecule has 1 aromatic heterocycles. The number of nitrogens with one attached hydrogen (secondary N) is 1. The van der Waals surface area contributed by atoms with Crippen LogP contribution in [0.5, 0.6) is 0 Å². The van der Waals surface area contributed by atoms with Crippen molar-refractivity contribution < 1.29 is 0 Å². The Kier molecular flexibility index (Phi) is 5.72. The molecule has 1 aliphatic rings. The SMILES string of the molecule is C=C(C)CN1CCC(NCc2cnn(-c3ccc(Cl)cc3)c2)CC1. The largest absolute Gasteiger partial charge is 0.310 e. The molecule has 0 aliphatic carbocycles. The van der Waals surface area contributed by atoms with Gasteiger partial charge in [-0.15, -0.1) is 0 Å². The Bertz CT molecular complexity index is 669. The van der Waals surface area contributed by atoms with Crippen molar-refractivity contribution in [3.63, 3.8) is 0 Å². The molecule has 3 rings (SSSR count). The molecule has 1 aliphatic heterocycles. The van der Waals surface area contributed by atoms with Crippen LogP contribution in [0.4, 0.5) is 0 Å². The predicted octanol–water partition coefficient (Wildman–Crippen LogP) is 3.66. The minimum atomic E-state index is 0.588. The van der Waals surface area contributed by atoms with Gasteiger partial charge in [-0.1, -0.05) is 23.8 Å². The monoisotopic (exact) mass is 344 g/mol. The number of aromatic nitrogens is 2. The summed E-state index contributed by atoms with van der Waals surface area (Å²) < 4.78 is 1.89. The normalized spacial score (nSPS) is 16.4. The highest BCUT2D eigenvalue weighted by atomic mass is 35.5. The van der Waals surface area contributed by atoms with Gasteiger partial charge in [0.15, 0.2) is 0 Å². The maximum absolute atomic E-state index is 5.93. The first-order valence-electron chi connectivity index (χ1n) is 8.50. The third kappa shape index (κ3) is 4.69. The third-order valence-electron chi connectivity index (χ3n) is 4.40. The fourth-order valence-electron chi connectivity index (χ4n) is 3.13. The van der Waals surface area contributed by atoms with Crippen molar-refractivity contribution in [1.29, 1.82) is 0 Å². The molecular formula is C19H25ClN4. The molecular weight excluding hydrogens is 320 g/mol. The molecule has 2 heterocycles. The van der Waals surface area contributed by atoms with Gasteiger partial charge in [-0.2, -0.15) is 5.10 Å². The van der Waals surface area contributed by atoms with E-state index in [1.807, 2.05) is 35.1 Å². The van der Waals surface area contributed by atoms with Gasteiger partial charge in [0.05, 0.1) is 11.9 Å². The number of piperidine rings is 1. The van der Waals surface area contributed by atoms with Gasteiger partial charge in [-0.05, 0) is 57.1 Å². The van der Waals surface area contributed by atoms with Gasteiger partial charge >= 0.3 is 0 Å². The number of benzene rings is 1. The van der Waals surface area contributed by atoms with Crippen LogP contribution in [0.3, 0.4) is 0 Å². The summed E-state index contributed by atoms with van der Waals surface area (Å²) in [6.45, 7) is 10.3. The second-order valence-corrected chi connectivity index (χ2v) is 7.09. The standard InChI is InChI=1S/C19H25ClN4/c1-15(2)13-23-9-7-18(8-10-23)21-11-16-12-22-24(14-16)19-5-3-17(20)4-6-19/h3-6,12,14,18,21H,1,7-11,13H2,2H3. The highest BCUT2D eigenvalue weighted by Gasteiger charge is 2.18. The van der Waals surface area contributed by atoms with Crippen LogP contribution in [-0.2, 0) is 6.54 Å². The molecule has 0 radical (unpaired) electrons. The molecule has 0 amide bonds. The summed E-state index contributed by atoms with van der Waals surface area (Å²) in [6, 6.07) is 8.31. The molecule has 1 aromatic carbocycles. The molecule has 24 heavy (non-hydrogen) atoms. The molecule has 0 spiro atoms. The van der Waals surface area contributed by atoms with Gasteiger partial charge in [0.25, 0.3) is 0 Å². The molecule has 2 aromatic rings. The van der Waals surface area contributed by atoms with E-state index in [0.717, 1.165) is 36.9 Å². The fraction of sp³-hybridized carbons (Fsp3) is 0.421. The molecule has 0 atom stereocenters. The number of hydrogen-bond donors (Lipinski definition) is 1. The van der Waals surface area contributed by atoms with E-state index in [-0.39, 0.29) is 0 Å². The molecule has 0 unspecified atom stereocenters. The highest BCUT2D eigenvalue weighted by molar-refractivity contribution is 6.30. The zero-order valence-electron chi connectivity index (χ0n) is 14.2. The van der Waals surface area contributed by atoms with E-state index in [2.05, 4.69) is 35.0 Å². The smallest absolute Gasteiger partial charge is 0.0646 e. The van der Waals surface area contributed by atoms with Crippen LogP contribution >= 0.6 is 11.6 Å². The Hall–Kier alpha value is -1.62. The van der Waals surface area contributed by atoms with Crippen molar-refractivity contribution in [2.24, 2.45) is 0 Å². The molecule has 1 saturated heterocycles. The van der Waals surface area contributed by atoms with Crippen LogP contribution in [0.15, 0.2) is 48.8 Å². The Labute approximate surface area is 149 Å². The van der Waals surface area contributed by atoms with Crippen molar-refractivity contribution in [2.75, 3.05) is 19.6 Å². The van der Waals surface area contributed by atoms with E-state index >= 15 is 0 Å². The molecule has 0 bridgehead atoms. The minimum absolute atomic E-state index is 0.588. The van der Waals surface area contributed by atoms with Crippen molar-refractivity contribution in [1.82, 2.24) is 20.0 Å². The number of likely N-dealkylation sites (tertiary alicyclic amines) is 1. The summed E-state index contributed by atoms with van der Waals surface area (Å²) >= 11 is 5.93. The highest BCUT2D eigenvalue weighted by Crippen LogP contribution is 2.15. The topological polar surface area (TPSA) is 33.1 Å². The van der Waals surface area contributed by atoms with Crippen LogP contribution in [0.25, 0.3) is 5.69 Å². The van der Waals surface area contributed by atoms with Gasteiger partial charge < -0.3 is 5.32 Å². The number of rotatable bonds is 6. The first-order chi connectivity index (χ1) is 11.6. The fourth-order valence-corrected chi connectivity index (χ4v) is 3.25. The minimum Gasteiger partial charge on any atom is -0.310 e. The van der Waals surface area contributed by atoms with Gasteiger partial charge in [0.2, 0.25) is 0 Å². The lowest BCUT2D eigenvalue weighted by Gasteiger charge is -2.32. The van der Waals surface area contributed by atoms with Crippen molar-refractivity contribution in [2.45, 2.75) is 32.4 Å². The molecule has 128 valence electrons. The molecule has 4 nitrogen and oxygen atoms in total. The lowest BCUT2D eigenvalue weighted by Crippen LogP contribution is -2.42. The average Bonchev–Trinajstić information content (AvgIpc) is 3.03. The Morgan fingerprint density at radius 3 is 2.67 bits per heavy atom. The zero-order chi connectivity index (χ0) is 16.9. The Balaban J connectivity index is 1.48. The summed E-state index contributed by atoms with van der Waals surface area (Å²) in [4.78, 5) is 2.49.